The van der Waals surface area contributed by atoms with Crippen molar-refractivity contribution in [1.29, 1.82) is 0 Å². The average Bonchev–Trinajstić information content (AvgIpc) is 2.70. The minimum absolute atomic E-state index is 0.0191. The number of nitrogens with one attached hydrogen (secondary N) is 1. The summed E-state index contributed by atoms with van der Waals surface area (Å²) in [4.78, 5) is 30.5. The third-order valence-electron chi connectivity index (χ3n) is 5.98. The largest absolute Gasteiger partial charge is 0.447 e. The van der Waals surface area contributed by atoms with Crippen LogP contribution >= 0.6 is 0 Å². The molecule has 206 valence electrons. The first-order chi connectivity index (χ1) is 16.3. The van der Waals surface area contributed by atoms with Gasteiger partial charge in [0.1, 0.15) is 13.2 Å². The van der Waals surface area contributed by atoms with E-state index in [0.717, 1.165) is 32.4 Å². The van der Waals surface area contributed by atoms with Gasteiger partial charge in [0.25, 0.3) is 0 Å². The van der Waals surface area contributed by atoms with Crippen LogP contribution in [-0.2, 0) is 18.9 Å². The highest BCUT2D eigenvalue weighted by atomic mass is 16.6. The molecular weight excluding hydrogens is 452 g/mol. The van der Waals surface area contributed by atoms with Crippen molar-refractivity contribution in [2.24, 2.45) is 10.8 Å². The van der Waals surface area contributed by atoms with Gasteiger partial charge in [-0.05, 0) is 58.3 Å². The Morgan fingerprint density at radius 1 is 0.800 bits per heavy atom. The molecule has 2 amide bonds. The lowest BCUT2D eigenvalue weighted by Gasteiger charge is -2.47. The molecule has 10 heteroatoms. The van der Waals surface area contributed by atoms with E-state index in [9.17, 15) is 9.59 Å². The lowest BCUT2D eigenvalue weighted by atomic mass is 9.62. The van der Waals surface area contributed by atoms with E-state index in [4.69, 9.17) is 18.9 Å². The summed E-state index contributed by atoms with van der Waals surface area (Å²) in [5.74, 6) is 0. The van der Waals surface area contributed by atoms with Gasteiger partial charge >= 0.3 is 12.2 Å². The summed E-state index contributed by atoms with van der Waals surface area (Å²) in [6.07, 6.45) is 1.78. The molecule has 1 fully saturated rings. The molecule has 0 saturated heterocycles. The van der Waals surface area contributed by atoms with Crippen LogP contribution in [0.3, 0.4) is 0 Å². The van der Waals surface area contributed by atoms with Gasteiger partial charge in [0.2, 0.25) is 0 Å². The molecule has 0 radical (unpaired) electrons. The van der Waals surface area contributed by atoms with Gasteiger partial charge in [-0.3, -0.25) is 0 Å². The van der Waals surface area contributed by atoms with Crippen LogP contribution in [0.1, 0.15) is 40.0 Å². The van der Waals surface area contributed by atoms with Crippen molar-refractivity contribution in [3.63, 3.8) is 0 Å². The Morgan fingerprint density at radius 2 is 1.34 bits per heavy atom. The lowest BCUT2D eigenvalue weighted by molar-refractivity contribution is 0.0235. The Hall–Kier alpha value is -1.62. The minimum Gasteiger partial charge on any atom is -0.447 e. The predicted molar refractivity (Wildman–Crippen MR) is 137 cm³/mol. The predicted octanol–water partition coefficient (Wildman–Crippen LogP) is 2.52. The van der Waals surface area contributed by atoms with Crippen LogP contribution < -0.4 is 5.32 Å². The van der Waals surface area contributed by atoms with Gasteiger partial charge in [-0.15, -0.1) is 0 Å². The highest BCUT2D eigenvalue weighted by molar-refractivity contribution is 5.68. The van der Waals surface area contributed by atoms with Crippen molar-refractivity contribution >= 4 is 12.2 Å². The van der Waals surface area contributed by atoms with Crippen LogP contribution in [0.4, 0.5) is 9.59 Å². The van der Waals surface area contributed by atoms with E-state index in [2.05, 4.69) is 26.1 Å². The van der Waals surface area contributed by atoms with Crippen molar-refractivity contribution in [2.75, 3.05) is 94.5 Å². The lowest BCUT2D eigenvalue weighted by Crippen LogP contribution is -2.50. The number of alkyl carbamates (subject to hydrolysis) is 1. The molecule has 10 nitrogen and oxygen atoms in total. The Kier molecular flexibility index (Phi) is 13.9. The normalized spacial score (nSPS) is 21.7. The maximum Gasteiger partial charge on any atom is 0.409 e. The smallest absolute Gasteiger partial charge is 0.409 e. The molecule has 2 atom stereocenters. The second kappa shape index (κ2) is 15.5. The second-order valence-electron chi connectivity index (χ2n) is 11.3. The van der Waals surface area contributed by atoms with E-state index in [0.29, 0.717) is 33.0 Å². The molecule has 0 aromatic rings. The van der Waals surface area contributed by atoms with E-state index in [1.54, 1.807) is 11.9 Å². The molecule has 0 aromatic heterocycles. The Balaban J connectivity index is 2.44. The van der Waals surface area contributed by atoms with Crippen LogP contribution in [0.25, 0.3) is 0 Å². The molecule has 0 aromatic carbocycles. The number of hydrogen-bond donors (Lipinski definition) is 1. The topological polar surface area (TPSA) is 92.8 Å². The monoisotopic (exact) mass is 502 g/mol. The molecule has 0 aliphatic heterocycles. The molecular formula is C25H50N4O6. The zero-order valence-corrected chi connectivity index (χ0v) is 23.4. The van der Waals surface area contributed by atoms with Crippen LogP contribution in [0.2, 0.25) is 0 Å². The molecule has 35 heavy (non-hydrogen) atoms. The molecule has 0 bridgehead atoms. The van der Waals surface area contributed by atoms with E-state index >= 15 is 0 Å². The standard InChI is InChI=1S/C25H50N4O6/c1-24(2)17-21(26-22(30)34-15-13-32-11-9-27(4)5)18-25(3,19-24)20-29(8)23(31)35-16-14-33-12-10-28(6)7/h21H,9-20H2,1-8H3,(H,26,30). The maximum atomic E-state index is 12.5. The summed E-state index contributed by atoms with van der Waals surface area (Å²) in [6.45, 7) is 11.2. The number of rotatable bonds is 15. The van der Waals surface area contributed by atoms with E-state index in [1.165, 1.54) is 0 Å². The van der Waals surface area contributed by atoms with Gasteiger partial charge in [-0.1, -0.05) is 20.8 Å². The maximum absolute atomic E-state index is 12.5. The zero-order chi connectivity index (χ0) is 26.5. The van der Waals surface area contributed by atoms with E-state index in [1.807, 2.05) is 38.0 Å². The van der Waals surface area contributed by atoms with Crippen molar-refractivity contribution in [3.8, 4) is 0 Å². The summed E-state index contributed by atoms with van der Waals surface area (Å²) in [5.41, 5.74) is -0.143. The number of ether oxygens (including phenoxy) is 4. The first kappa shape index (κ1) is 31.4. The van der Waals surface area contributed by atoms with Crippen LogP contribution in [0, 0.1) is 10.8 Å². The first-order valence-electron chi connectivity index (χ1n) is 12.6. The number of carbonyl (C=O) groups is 2. The fourth-order valence-corrected chi connectivity index (χ4v) is 4.89. The quantitative estimate of drug-likeness (QED) is 0.342. The van der Waals surface area contributed by atoms with Gasteiger partial charge in [-0.2, -0.15) is 0 Å². The Bertz CT molecular complexity index is 631. The Labute approximate surface area is 212 Å². The van der Waals surface area contributed by atoms with Crippen LogP contribution in [0.5, 0.6) is 0 Å². The number of amides is 2. The summed E-state index contributed by atoms with van der Waals surface area (Å²) in [5, 5.41) is 3.02. The zero-order valence-electron chi connectivity index (χ0n) is 23.4. The SMILES string of the molecule is CN(C)CCOCCOC(=O)NC1CC(C)(C)CC(C)(CN(C)C(=O)OCCOCCN(C)C)C1. The van der Waals surface area contributed by atoms with E-state index < -0.39 is 6.09 Å². The van der Waals surface area contributed by atoms with Crippen molar-refractivity contribution in [2.45, 2.75) is 46.1 Å². The summed E-state index contributed by atoms with van der Waals surface area (Å²) in [7, 11) is 9.69. The van der Waals surface area contributed by atoms with Crippen LogP contribution in [-0.4, -0.2) is 127 Å². The summed E-state index contributed by atoms with van der Waals surface area (Å²) in [6, 6.07) is -0.0274. The Morgan fingerprint density at radius 3 is 1.89 bits per heavy atom. The van der Waals surface area contributed by atoms with Gasteiger partial charge in [-0.25, -0.2) is 9.59 Å². The van der Waals surface area contributed by atoms with Crippen molar-refractivity contribution in [3.05, 3.63) is 0 Å². The number of carbonyl (C=O) groups excluding carboxylic acids is 2. The first-order valence-corrected chi connectivity index (χ1v) is 12.6. The number of likely N-dealkylation sites (N-methyl/N-ethyl adjacent to an activating group) is 2. The van der Waals surface area contributed by atoms with Crippen LogP contribution in [0.15, 0.2) is 0 Å². The number of hydrogen-bond acceptors (Lipinski definition) is 8. The highest BCUT2D eigenvalue weighted by Gasteiger charge is 2.43. The molecule has 0 spiro atoms. The molecule has 1 saturated carbocycles. The molecule has 2 unspecified atom stereocenters. The fraction of sp³-hybridized carbons (Fsp3) is 0.920. The molecule has 1 rings (SSSR count). The van der Waals surface area contributed by atoms with Crippen molar-refractivity contribution < 1.29 is 28.5 Å². The minimum atomic E-state index is -0.423. The molecule has 1 aliphatic carbocycles. The van der Waals surface area contributed by atoms with Gasteiger partial charge in [0.15, 0.2) is 0 Å². The van der Waals surface area contributed by atoms with Gasteiger partial charge in [0.05, 0.1) is 26.4 Å². The molecule has 1 aliphatic rings. The molecule has 0 heterocycles. The molecule has 1 N–H and O–H groups in total. The highest BCUT2D eigenvalue weighted by Crippen LogP contribution is 2.46. The third-order valence-corrected chi connectivity index (χ3v) is 5.98. The summed E-state index contributed by atoms with van der Waals surface area (Å²) < 4.78 is 21.6. The van der Waals surface area contributed by atoms with Gasteiger partial charge < -0.3 is 39.0 Å². The average molecular weight is 503 g/mol. The van der Waals surface area contributed by atoms with Gasteiger partial charge in [0, 0.05) is 32.7 Å². The number of nitrogens with zero attached hydrogens (tertiary/aromatic N) is 3. The van der Waals surface area contributed by atoms with Crippen molar-refractivity contribution in [1.82, 2.24) is 20.0 Å². The van der Waals surface area contributed by atoms with E-state index in [-0.39, 0.29) is 36.2 Å². The second-order valence-corrected chi connectivity index (χ2v) is 11.3. The third kappa shape index (κ3) is 14.5. The fourth-order valence-electron chi connectivity index (χ4n) is 4.89. The summed E-state index contributed by atoms with van der Waals surface area (Å²) >= 11 is 0.